The third kappa shape index (κ3) is 5.20. The average molecular weight is 407 g/mol. The standard InChI is InChI=1S/C19H20Cl2N4O2/c1-2-27-15-5-3-4-12(8-15)17-10-18(24-23-17)19(26)25-22-11-13-6-7-14(20)9-16(13)21/h3-9,11,17-18,23-24H,2,10H2,1H3,(H,25,26)/b22-11+. The SMILES string of the molecule is CCOc1cccc(C2CC(C(=O)N/N=C/c3ccc(Cl)cc3Cl)NN2)c1. The van der Waals surface area contributed by atoms with Gasteiger partial charge in [0.1, 0.15) is 11.8 Å². The van der Waals surface area contributed by atoms with Crippen LogP contribution in [0.3, 0.4) is 0 Å². The van der Waals surface area contributed by atoms with Crippen LogP contribution in [-0.2, 0) is 4.79 Å². The Kier molecular flexibility index (Phi) is 6.68. The van der Waals surface area contributed by atoms with Gasteiger partial charge in [-0.25, -0.2) is 16.3 Å². The Hall–Kier alpha value is -2.12. The molecule has 1 aliphatic rings. The van der Waals surface area contributed by atoms with E-state index in [1.165, 1.54) is 6.21 Å². The van der Waals surface area contributed by atoms with E-state index in [0.717, 1.165) is 11.3 Å². The van der Waals surface area contributed by atoms with Crippen molar-refractivity contribution in [2.75, 3.05) is 6.61 Å². The summed E-state index contributed by atoms with van der Waals surface area (Å²) in [5.41, 5.74) is 10.4. The third-order valence-electron chi connectivity index (χ3n) is 4.13. The Bertz CT molecular complexity index is 844. The maximum absolute atomic E-state index is 12.3. The van der Waals surface area contributed by atoms with Crippen LogP contribution in [0.5, 0.6) is 5.75 Å². The number of hydrogen-bond acceptors (Lipinski definition) is 5. The molecule has 3 rings (SSSR count). The van der Waals surface area contributed by atoms with Gasteiger partial charge in [-0.15, -0.1) is 0 Å². The average Bonchev–Trinajstić information content (AvgIpc) is 3.14. The molecule has 1 aliphatic heterocycles. The maximum atomic E-state index is 12.3. The zero-order valence-corrected chi connectivity index (χ0v) is 16.2. The number of hydrogen-bond donors (Lipinski definition) is 3. The van der Waals surface area contributed by atoms with Gasteiger partial charge < -0.3 is 4.74 Å². The van der Waals surface area contributed by atoms with Gasteiger partial charge in [-0.05, 0) is 43.2 Å². The van der Waals surface area contributed by atoms with Crippen LogP contribution in [-0.4, -0.2) is 24.8 Å². The highest BCUT2D eigenvalue weighted by Crippen LogP contribution is 2.25. The molecule has 0 aliphatic carbocycles. The third-order valence-corrected chi connectivity index (χ3v) is 4.69. The number of halogens is 2. The molecule has 27 heavy (non-hydrogen) atoms. The lowest BCUT2D eigenvalue weighted by molar-refractivity contribution is -0.122. The Morgan fingerprint density at radius 3 is 2.93 bits per heavy atom. The summed E-state index contributed by atoms with van der Waals surface area (Å²) >= 11 is 11.9. The quantitative estimate of drug-likeness (QED) is 0.507. The molecule has 2 aromatic carbocycles. The van der Waals surface area contributed by atoms with E-state index in [2.05, 4.69) is 21.4 Å². The number of hydrazone groups is 1. The lowest BCUT2D eigenvalue weighted by atomic mass is 10.0. The molecule has 2 unspecified atom stereocenters. The second-order valence-corrected chi connectivity index (χ2v) is 6.88. The lowest BCUT2D eigenvalue weighted by Gasteiger charge is -2.11. The van der Waals surface area contributed by atoms with Crippen molar-refractivity contribution in [1.29, 1.82) is 0 Å². The molecule has 2 aromatic rings. The normalized spacial score (nSPS) is 19.4. The summed E-state index contributed by atoms with van der Waals surface area (Å²) in [5.74, 6) is 0.585. The summed E-state index contributed by atoms with van der Waals surface area (Å²) in [5, 5.41) is 4.98. The van der Waals surface area contributed by atoms with Crippen molar-refractivity contribution in [3.63, 3.8) is 0 Å². The van der Waals surface area contributed by atoms with E-state index in [0.29, 0.717) is 28.6 Å². The molecule has 1 amide bonds. The van der Waals surface area contributed by atoms with Gasteiger partial charge in [-0.1, -0.05) is 41.4 Å². The molecule has 3 N–H and O–H groups in total. The molecular weight excluding hydrogens is 387 g/mol. The van der Waals surface area contributed by atoms with Crippen molar-refractivity contribution in [2.45, 2.75) is 25.4 Å². The summed E-state index contributed by atoms with van der Waals surface area (Å²) in [6, 6.07) is 12.5. The topological polar surface area (TPSA) is 74.8 Å². The summed E-state index contributed by atoms with van der Waals surface area (Å²) in [4.78, 5) is 12.3. The zero-order chi connectivity index (χ0) is 19.2. The molecule has 142 valence electrons. The summed E-state index contributed by atoms with van der Waals surface area (Å²) < 4.78 is 5.53. The minimum absolute atomic E-state index is 0.0100. The fourth-order valence-electron chi connectivity index (χ4n) is 2.78. The number of hydrazine groups is 1. The fourth-order valence-corrected chi connectivity index (χ4v) is 3.24. The molecule has 0 bridgehead atoms. The van der Waals surface area contributed by atoms with E-state index >= 15 is 0 Å². The molecule has 0 saturated carbocycles. The number of carbonyl (C=O) groups excluding carboxylic acids is 1. The maximum Gasteiger partial charge on any atom is 0.258 e. The molecule has 1 heterocycles. The van der Waals surface area contributed by atoms with E-state index < -0.39 is 6.04 Å². The first-order valence-electron chi connectivity index (χ1n) is 8.58. The van der Waals surface area contributed by atoms with Crippen LogP contribution in [0.1, 0.15) is 30.5 Å². The highest BCUT2D eigenvalue weighted by Gasteiger charge is 2.30. The summed E-state index contributed by atoms with van der Waals surface area (Å²) in [7, 11) is 0. The van der Waals surface area contributed by atoms with Crippen LogP contribution in [0, 0.1) is 0 Å². The molecule has 8 heteroatoms. The van der Waals surface area contributed by atoms with E-state index in [4.69, 9.17) is 27.9 Å². The molecule has 0 spiro atoms. The predicted molar refractivity (Wildman–Crippen MR) is 107 cm³/mol. The molecule has 1 saturated heterocycles. The highest BCUT2D eigenvalue weighted by molar-refractivity contribution is 6.36. The van der Waals surface area contributed by atoms with Gasteiger partial charge in [0.05, 0.1) is 17.8 Å². The predicted octanol–water partition coefficient (Wildman–Crippen LogP) is 3.45. The van der Waals surface area contributed by atoms with Crippen molar-refractivity contribution in [3.8, 4) is 5.75 Å². The first kappa shape index (κ1) is 19.6. The second-order valence-electron chi connectivity index (χ2n) is 6.04. The molecule has 2 atom stereocenters. The number of nitrogens with one attached hydrogen (secondary N) is 3. The van der Waals surface area contributed by atoms with Crippen molar-refractivity contribution in [2.24, 2.45) is 5.10 Å². The molecule has 0 aromatic heterocycles. The molecule has 1 fully saturated rings. The first-order chi connectivity index (χ1) is 13.1. The second kappa shape index (κ2) is 9.19. The van der Waals surface area contributed by atoms with Crippen LogP contribution < -0.4 is 21.0 Å². The van der Waals surface area contributed by atoms with Crippen molar-refractivity contribution in [1.82, 2.24) is 16.3 Å². The van der Waals surface area contributed by atoms with Crippen molar-refractivity contribution < 1.29 is 9.53 Å². The minimum Gasteiger partial charge on any atom is -0.494 e. The van der Waals surface area contributed by atoms with E-state index in [9.17, 15) is 4.79 Å². The van der Waals surface area contributed by atoms with Gasteiger partial charge >= 0.3 is 0 Å². The van der Waals surface area contributed by atoms with Crippen LogP contribution in [0.25, 0.3) is 0 Å². The Morgan fingerprint density at radius 2 is 2.15 bits per heavy atom. The summed E-state index contributed by atoms with van der Waals surface area (Å²) in [6.45, 7) is 2.56. The number of rotatable bonds is 6. The fraction of sp³-hybridized carbons (Fsp3) is 0.263. The Balaban J connectivity index is 1.56. The monoisotopic (exact) mass is 406 g/mol. The Labute approximate surface area is 167 Å². The summed E-state index contributed by atoms with van der Waals surface area (Å²) in [6.07, 6.45) is 2.08. The van der Waals surface area contributed by atoms with Crippen LogP contribution in [0.2, 0.25) is 10.0 Å². The smallest absolute Gasteiger partial charge is 0.258 e. The van der Waals surface area contributed by atoms with Crippen molar-refractivity contribution in [3.05, 3.63) is 63.6 Å². The number of amides is 1. The largest absolute Gasteiger partial charge is 0.494 e. The minimum atomic E-state index is -0.399. The highest BCUT2D eigenvalue weighted by atomic mass is 35.5. The van der Waals surface area contributed by atoms with Gasteiger partial charge in [0.15, 0.2) is 0 Å². The Morgan fingerprint density at radius 1 is 1.30 bits per heavy atom. The zero-order valence-electron chi connectivity index (χ0n) is 14.7. The van der Waals surface area contributed by atoms with Crippen LogP contribution in [0.15, 0.2) is 47.6 Å². The van der Waals surface area contributed by atoms with E-state index in [-0.39, 0.29) is 11.9 Å². The molecule has 6 nitrogen and oxygen atoms in total. The van der Waals surface area contributed by atoms with Crippen LogP contribution in [0.4, 0.5) is 0 Å². The van der Waals surface area contributed by atoms with Gasteiger partial charge in [-0.2, -0.15) is 5.10 Å². The molecule has 0 radical (unpaired) electrons. The number of ether oxygens (including phenoxy) is 1. The molecular formula is C19H20Cl2N4O2. The lowest BCUT2D eigenvalue weighted by Crippen LogP contribution is -2.41. The van der Waals surface area contributed by atoms with Crippen molar-refractivity contribution >= 4 is 35.3 Å². The van der Waals surface area contributed by atoms with Gasteiger partial charge in [0, 0.05) is 16.6 Å². The first-order valence-corrected chi connectivity index (χ1v) is 9.34. The number of carbonyl (C=O) groups is 1. The van der Waals surface area contributed by atoms with Crippen LogP contribution >= 0.6 is 23.2 Å². The van der Waals surface area contributed by atoms with Gasteiger partial charge in [0.2, 0.25) is 0 Å². The van der Waals surface area contributed by atoms with Gasteiger partial charge in [-0.3, -0.25) is 4.79 Å². The van der Waals surface area contributed by atoms with E-state index in [1.807, 2.05) is 31.2 Å². The van der Waals surface area contributed by atoms with Gasteiger partial charge in [0.25, 0.3) is 5.91 Å². The van der Waals surface area contributed by atoms with E-state index in [1.54, 1.807) is 18.2 Å². The number of benzene rings is 2. The number of nitrogens with zero attached hydrogens (tertiary/aromatic N) is 1.